The molecule has 0 saturated heterocycles. The van der Waals surface area contributed by atoms with Crippen molar-refractivity contribution in [1.29, 1.82) is 0 Å². The highest BCUT2D eigenvalue weighted by Crippen LogP contribution is 2.30. The molecule has 0 fully saturated rings. The monoisotopic (exact) mass is 223 g/mol. The third kappa shape index (κ3) is 3.14. The fourth-order valence-electron chi connectivity index (χ4n) is 1.70. The smallest absolute Gasteiger partial charge is 0.127 e. The third-order valence-electron chi connectivity index (χ3n) is 2.71. The van der Waals surface area contributed by atoms with Gasteiger partial charge >= 0.3 is 0 Å². The lowest BCUT2D eigenvalue weighted by atomic mass is 10.0. The van der Waals surface area contributed by atoms with Crippen LogP contribution in [-0.4, -0.2) is 14.2 Å². The van der Waals surface area contributed by atoms with Crippen molar-refractivity contribution >= 4 is 0 Å². The van der Waals surface area contributed by atoms with Crippen LogP contribution in [-0.2, 0) is 0 Å². The summed E-state index contributed by atoms with van der Waals surface area (Å²) < 4.78 is 10.5. The minimum atomic E-state index is 0.0424. The number of rotatable bonds is 6. The van der Waals surface area contributed by atoms with E-state index < -0.39 is 0 Å². The topological polar surface area (TPSA) is 44.5 Å². The van der Waals surface area contributed by atoms with Crippen LogP contribution in [0.3, 0.4) is 0 Å². The van der Waals surface area contributed by atoms with Crippen molar-refractivity contribution in [2.45, 2.75) is 32.2 Å². The summed E-state index contributed by atoms with van der Waals surface area (Å²) in [5.41, 5.74) is 7.18. The van der Waals surface area contributed by atoms with E-state index in [-0.39, 0.29) is 6.04 Å². The molecule has 0 aliphatic rings. The fourth-order valence-corrected chi connectivity index (χ4v) is 1.70. The number of hydrogen-bond donors (Lipinski definition) is 1. The maximum absolute atomic E-state index is 6.13. The molecule has 0 aromatic heterocycles. The van der Waals surface area contributed by atoms with Gasteiger partial charge in [-0.05, 0) is 12.5 Å². The maximum Gasteiger partial charge on any atom is 0.127 e. The summed E-state index contributed by atoms with van der Waals surface area (Å²) in [6, 6.07) is 5.82. The van der Waals surface area contributed by atoms with Gasteiger partial charge in [-0.15, -0.1) is 0 Å². The minimum absolute atomic E-state index is 0.0424. The van der Waals surface area contributed by atoms with Gasteiger partial charge in [0.05, 0.1) is 14.2 Å². The van der Waals surface area contributed by atoms with E-state index in [4.69, 9.17) is 15.2 Å². The molecule has 90 valence electrons. The second-order valence-electron chi connectivity index (χ2n) is 3.86. The lowest BCUT2D eigenvalue weighted by Crippen LogP contribution is -2.11. The van der Waals surface area contributed by atoms with Gasteiger partial charge in [-0.2, -0.15) is 0 Å². The highest BCUT2D eigenvalue weighted by molar-refractivity contribution is 5.42. The van der Waals surface area contributed by atoms with E-state index >= 15 is 0 Å². The van der Waals surface area contributed by atoms with E-state index in [2.05, 4.69) is 6.92 Å². The van der Waals surface area contributed by atoms with Crippen molar-refractivity contribution in [3.63, 3.8) is 0 Å². The summed E-state index contributed by atoms with van der Waals surface area (Å²) in [6.45, 7) is 2.16. The van der Waals surface area contributed by atoms with Crippen molar-refractivity contribution in [3.05, 3.63) is 23.8 Å². The van der Waals surface area contributed by atoms with Crippen LogP contribution >= 0.6 is 0 Å². The Labute approximate surface area is 97.6 Å². The first-order chi connectivity index (χ1) is 7.72. The molecule has 3 nitrogen and oxygen atoms in total. The molecule has 0 aliphatic carbocycles. The molecule has 16 heavy (non-hydrogen) atoms. The summed E-state index contributed by atoms with van der Waals surface area (Å²) in [7, 11) is 3.30. The summed E-state index contributed by atoms with van der Waals surface area (Å²) in [5.74, 6) is 1.60. The molecule has 3 heteroatoms. The van der Waals surface area contributed by atoms with Crippen molar-refractivity contribution < 1.29 is 9.47 Å². The molecule has 1 rings (SSSR count). The summed E-state index contributed by atoms with van der Waals surface area (Å²) in [6.07, 6.45) is 3.28. The lowest BCUT2D eigenvalue weighted by molar-refractivity contribution is 0.387. The molecule has 1 atom stereocenters. The molecule has 0 amide bonds. The quantitative estimate of drug-likeness (QED) is 0.806. The molecule has 0 spiro atoms. The normalized spacial score (nSPS) is 12.2. The average Bonchev–Trinajstić information content (AvgIpc) is 2.34. The SMILES string of the molecule is CCCC[C@@H](N)c1ccc(OC)cc1OC. The Balaban J connectivity index is 2.85. The van der Waals surface area contributed by atoms with Gasteiger partial charge in [0, 0.05) is 17.7 Å². The predicted octanol–water partition coefficient (Wildman–Crippen LogP) is 2.89. The van der Waals surface area contributed by atoms with Gasteiger partial charge in [-0.1, -0.05) is 25.8 Å². The first-order valence-electron chi connectivity index (χ1n) is 5.70. The van der Waals surface area contributed by atoms with Crippen molar-refractivity contribution in [2.24, 2.45) is 5.73 Å². The van der Waals surface area contributed by atoms with Crippen molar-refractivity contribution in [1.82, 2.24) is 0 Å². The Bertz CT molecular complexity index is 326. The summed E-state index contributed by atoms with van der Waals surface area (Å²) in [5, 5.41) is 0. The van der Waals surface area contributed by atoms with Crippen LogP contribution in [0.1, 0.15) is 37.8 Å². The molecule has 0 aliphatic heterocycles. The van der Waals surface area contributed by atoms with Gasteiger partial charge in [-0.3, -0.25) is 0 Å². The maximum atomic E-state index is 6.13. The highest BCUT2D eigenvalue weighted by atomic mass is 16.5. The third-order valence-corrected chi connectivity index (χ3v) is 2.71. The molecule has 0 heterocycles. The van der Waals surface area contributed by atoms with Crippen molar-refractivity contribution in [3.8, 4) is 11.5 Å². The number of ether oxygens (including phenoxy) is 2. The number of unbranched alkanes of at least 4 members (excludes halogenated alkanes) is 1. The number of nitrogens with two attached hydrogens (primary N) is 1. The van der Waals surface area contributed by atoms with E-state index in [9.17, 15) is 0 Å². The van der Waals surface area contributed by atoms with E-state index in [1.165, 1.54) is 0 Å². The lowest BCUT2D eigenvalue weighted by Gasteiger charge is -2.16. The zero-order chi connectivity index (χ0) is 12.0. The van der Waals surface area contributed by atoms with Gasteiger partial charge in [0.15, 0.2) is 0 Å². The van der Waals surface area contributed by atoms with Crippen LogP contribution in [0.25, 0.3) is 0 Å². The largest absolute Gasteiger partial charge is 0.497 e. The second kappa shape index (κ2) is 6.38. The van der Waals surface area contributed by atoms with Gasteiger partial charge in [-0.25, -0.2) is 0 Å². The Morgan fingerprint density at radius 1 is 1.25 bits per heavy atom. The molecule has 1 aromatic carbocycles. The van der Waals surface area contributed by atoms with Crippen molar-refractivity contribution in [2.75, 3.05) is 14.2 Å². The molecule has 1 aromatic rings. The van der Waals surface area contributed by atoms with E-state index in [0.29, 0.717) is 0 Å². The number of methoxy groups -OCH3 is 2. The first kappa shape index (κ1) is 12.8. The van der Waals surface area contributed by atoms with Gasteiger partial charge in [0.2, 0.25) is 0 Å². The van der Waals surface area contributed by atoms with Crippen LogP contribution in [0.4, 0.5) is 0 Å². The van der Waals surface area contributed by atoms with Crippen LogP contribution in [0.5, 0.6) is 11.5 Å². The van der Waals surface area contributed by atoms with E-state index in [1.807, 2.05) is 18.2 Å². The molecule has 2 N–H and O–H groups in total. The highest BCUT2D eigenvalue weighted by Gasteiger charge is 2.12. The van der Waals surface area contributed by atoms with Gasteiger partial charge in [0.25, 0.3) is 0 Å². The van der Waals surface area contributed by atoms with Crippen LogP contribution in [0.15, 0.2) is 18.2 Å². The summed E-state index contributed by atoms with van der Waals surface area (Å²) in [4.78, 5) is 0. The zero-order valence-corrected chi connectivity index (χ0v) is 10.3. The molecule has 0 bridgehead atoms. The Kier molecular flexibility index (Phi) is 5.12. The van der Waals surface area contributed by atoms with E-state index in [1.54, 1.807) is 14.2 Å². The number of benzene rings is 1. The van der Waals surface area contributed by atoms with Gasteiger partial charge < -0.3 is 15.2 Å². The van der Waals surface area contributed by atoms with Crippen LogP contribution in [0, 0.1) is 0 Å². The predicted molar refractivity (Wildman–Crippen MR) is 66.0 cm³/mol. The fraction of sp³-hybridized carbons (Fsp3) is 0.538. The van der Waals surface area contributed by atoms with Crippen LogP contribution < -0.4 is 15.2 Å². The average molecular weight is 223 g/mol. The Morgan fingerprint density at radius 3 is 2.56 bits per heavy atom. The second-order valence-corrected chi connectivity index (χ2v) is 3.86. The van der Waals surface area contributed by atoms with E-state index in [0.717, 1.165) is 36.3 Å². The molecular formula is C13H21NO2. The molecule has 0 radical (unpaired) electrons. The Morgan fingerprint density at radius 2 is 2.00 bits per heavy atom. The number of hydrogen-bond acceptors (Lipinski definition) is 3. The zero-order valence-electron chi connectivity index (χ0n) is 10.3. The molecular weight excluding hydrogens is 202 g/mol. The summed E-state index contributed by atoms with van der Waals surface area (Å²) >= 11 is 0. The minimum Gasteiger partial charge on any atom is -0.497 e. The van der Waals surface area contributed by atoms with Crippen LogP contribution in [0.2, 0.25) is 0 Å². The standard InChI is InChI=1S/C13H21NO2/c1-4-5-6-12(14)11-8-7-10(15-2)9-13(11)16-3/h7-9,12H,4-6,14H2,1-3H3/t12-/m1/s1. The molecule has 0 unspecified atom stereocenters. The molecule has 0 saturated carbocycles. The Hall–Kier alpha value is -1.22. The first-order valence-corrected chi connectivity index (χ1v) is 5.70. The van der Waals surface area contributed by atoms with Gasteiger partial charge in [0.1, 0.15) is 11.5 Å².